The van der Waals surface area contributed by atoms with E-state index in [-0.39, 0.29) is 11.7 Å². The first-order valence-electron chi connectivity index (χ1n) is 7.07. The summed E-state index contributed by atoms with van der Waals surface area (Å²) in [5.41, 5.74) is -0.313. The van der Waals surface area contributed by atoms with Crippen molar-refractivity contribution in [1.29, 1.82) is 0 Å². The van der Waals surface area contributed by atoms with Crippen LogP contribution in [0.4, 0.5) is 4.79 Å². The van der Waals surface area contributed by atoms with Gasteiger partial charge in [-0.05, 0) is 44.0 Å². The smallest absolute Gasteiger partial charge is 0.346 e. The Bertz CT molecular complexity index is 629. The quantitative estimate of drug-likeness (QED) is 0.641. The van der Waals surface area contributed by atoms with Crippen LogP contribution in [0, 0.1) is 0 Å². The average Bonchev–Trinajstić information content (AvgIpc) is 2.71. The first kappa shape index (κ1) is 15.8. The maximum atomic E-state index is 12.2. The second-order valence-electron chi connectivity index (χ2n) is 5.14. The Kier molecular flexibility index (Phi) is 4.35. The highest BCUT2D eigenvalue weighted by atomic mass is 16.5. The number of hydrazone groups is 1. The van der Waals surface area contributed by atoms with Gasteiger partial charge < -0.3 is 15.2 Å². The summed E-state index contributed by atoms with van der Waals surface area (Å²) in [5, 5.41) is 17.0. The van der Waals surface area contributed by atoms with Gasteiger partial charge in [0.25, 0.3) is 5.91 Å². The lowest BCUT2D eigenvalue weighted by Gasteiger charge is -2.17. The van der Waals surface area contributed by atoms with E-state index in [1.165, 1.54) is 12.3 Å². The van der Waals surface area contributed by atoms with Crippen molar-refractivity contribution in [3.05, 3.63) is 23.8 Å². The lowest BCUT2D eigenvalue weighted by molar-refractivity contribution is -0.130. The Hall–Kier alpha value is -2.57. The monoisotopic (exact) mass is 305 g/mol. The molecule has 7 heteroatoms. The predicted molar refractivity (Wildman–Crippen MR) is 80.9 cm³/mol. The van der Waals surface area contributed by atoms with Gasteiger partial charge in [0.15, 0.2) is 11.5 Å². The standard InChI is InChI=1S/C15H19N3O4/c1-4-15(3)13(20)18(14(21)17-15)16-9-10-6-7-11(19)12(8-10)22-5-2/h6-9,19H,4-5H2,1-3H3,(H,17,21)/b16-9+/t15-/m0/s1. The van der Waals surface area contributed by atoms with Gasteiger partial charge in [0.2, 0.25) is 0 Å². The molecule has 1 atom stereocenters. The number of nitrogens with one attached hydrogen (secondary N) is 1. The minimum absolute atomic E-state index is 0.0209. The minimum Gasteiger partial charge on any atom is -0.504 e. The molecule has 1 heterocycles. The van der Waals surface area contributed by atoms with Gasteiger partial charge in [-0.15, -0.1) is 5.01 Å². The van der Waals surface area contributed by atoms with Crippen molar-refractivity contribution in [2.24, 2.45) is 5.10 Å². The molecule has 0 saturated carbocycles. The van der Waals surface area contributed by atoms with Crippen molar-refractivity contribution in [1.82, 2.24) is 10.3 Å². The van der Waals surface area contributed by atoms with Crippen molar-refractivity contribution in [2.45, 2.75) is 32.7 Å². The fraction of sp³-hybridized carbons (Fsp3) is 0.400. The molecule has 2 N–H and O–H groups in total. The molecule has 1 aliphatic heterocycles. The average molecular weight is 305 g/mol. The Morgan fingerprint density at radius 1 is 1.41 bits per heavy atom. The van der Waals surface area contributed by atoms with Gasteiger partial charge in [0, 0.05) is 0 Å². The van der Waals surface area contributed by atoms with E-state index in [0.29, 0.717) is 24.3 Å². The number of hydrogen-bond donors (Lipinski definition) is 2. The maximum Gasteiger partial charge on any atom is 0.346 e. The SMILES string of the molecule is CCOc1cc(/C=N/N2C(=O)N[C@@](C)(CC)C2=O)ccc1O. The first-order valence-corrected chi connectivity index (χ1v) is 7.07. The van der Waals surface area contributed by atoms with Crippen molar-refractivity contribution in [3.63, 3.8) is 0 Å². The molecule has 1 fully saturated rings. The highest BCUT2D eigenvalue weighted by Crippen LogP contribution is 2.26. The van der Waals surface area contributed by atoms with Crippen LogP contribution in [0.5, 0.6) is 11.5 Å². The molecular formula is C15H19N3O4. The molecule has 1 aromatic rings. The highest BCUT2D eigenvalue weighted by molar-refractivity contribution is 6.07. The topological polar surface area (TPSA) is 91.2 Å². The fourth-order valence-electron chi connectivity index (χ4n) is 2.02. The summed E-state index contributed by atoms with van der Waals surface area (Å²) in [7, 11) is 0. The third kappa shape index (κ3) is 2.88. The van der Waals surface area contributed by atoms with Crippen LogP contribution in [0.3, 0.4) is 0 Å². The highest BCUT2D eigenvalue weighted by Gasteiger charge is 2.46. The van der Waals surface area contributed by atoms with Gasteiger partial charge >= 0.3 is 6.03 Å². The summed E-state index contributed by atoms with van der Waals surface area (Å²) in [6.07, 6.45) is 1.86. The zero-order valence-corrected chi connectivity index (χ0v) is 12.8. The summed E-state index contributed by atoms with van der Waals surface area (Å²) in [5.74, 6) is -0.0466. The number of rotatable bonds is 5. The second kappa shape index (κ2) is 6.05. The minimum atomic E-state index is -0.917. The molecule has 3 amide bonds. The number of phenolic OH excluding ortho intramolecular Hbond substituents is 1. The Morgan fingerprint density at radius 3 is 2.73 bits per heavy atom. The van der Waals surface area contributed by atoms with E-state index in [4.69, 9.17) is 4.74 Å². The van der Waals surface area contributed by atoms with Crippen LogP contribution >= 0.6 is 0 Å². The van der Waals surface area contributed by atoms with Crippen LogP contribution in [0.2, 0.25) is 0 Å². The number of aromatic hydroxyl groups is 1. The van der Waals surface area contributed by atoms with E-state index in [2.05, 4.69) is 10.4 Å². The van der Waals surface area contributed by atoms with E-state index >= 15 is 0 Å². The van der Waals surface area contributed by atoms with Crippen LogP contribution in [0.15, 0.2) is 23.3 Å². The number of carbonyl (C=O) groups is 2. The van der Waals surface area contributed by atoms with Crippen molar-refractivity contribution in [3.8, 4) is 11.5 Å². The summed E-state index contributed by atoms with van der Waals surface area (Å²) in [6.45, 7) is 5.70. The first-order chi connectivity index (χ1) is 10.4. The molecule has 0 radical (unpaired) electrons. The zero-order valence-electron chi connectivity index (χ0n) is 12.8. The lowest BCUT2D eigenvalue weighted by atomic mass is 10.00. The number of phenols is 1. The molecule has 0 unspecified atom stereocenters. The van der Waals surface area contributed by atoms with Gasteiger partial charge in [-0.3, -0.25) is 4.79 Å². The van der Waals surface area contributed by atoms with Crippen LogP contribution < -0.4 is 10.1 Å². The number of imide groups is 1. The van der Waals surface area contributed by atoms with Gasteiger partial charge in [-0.2, -0.15) is 5.10 Å². The molecular weight excluding hydrogens is 286 g/mol. The van der Waals surface area contributed by atoms with Crippen LogP contribution in [-0.4, -0.2) is 40.4 Å². The maximum absolute atomic E-state index is 12.2. The number of amides is 3. The third-order valence-corrected chi connectivity index (χ3v) is 3.55. The summed E-state index contributed by atoms with van der Waals surface area (Å²) < 4.78 is 5.27. The van der Waals surface area contributed by atoms with Crippen LogP contribution in [0.25, 0.3) is 0 Å². The number of ether oxygens (including phenoxy) is 1. The van der Waals surface area contributed by atoms with Gasteiger partial charge in [0.05, 0.1) is 12.8 Å². The molecule has 22 heavy (non-hydrogen) atoms. The molecule has 0 bridgehead atoms. The number of benzene rings is 1. The number of nitrogens with zero attached hydrogens (tertiary/aromatic N) is 2. The number of urea groups is 1. The predicted octanol–water partition coefficient (Wildman–Crippen LogP) is 1.85. The second-order valence-corrected chi connectivity index (χ2v) is 5.14. The number of carbonyl (C=O) groups excluding carboxylic acids is 2. The largest absolute Gasteiger partial charge is 0.504 e. The lowest BCUT2D eigenvalue weighted by Crippen LogP contribution is -2.42. The van der Waals surface area contributed by atoms with E-state index in [1.54, 1.807) is 26.0 Å². The molecule has 0 aromatic heterocycles. The number of hydrogen-bond acceptors (Lipinski definition) is 5. The summed E-state index contributed by atoms with van der Waals surface area (Å²) >= 11 is 0. The molecule has 7 nitrogen and oxygen atoms in total. The molecule has 1 aliphatic rings. The Balaban J connectivity index is 2.20. The van der Waals surface area contributed by atoms with E-state index < -0.39 is 11.6 Å². The van der Waals surface area contributed by atoms with Gasteiger partial charge in [0.1, 0.15) is 5.54 Å². The normalized spacial score (nSPS) is 21.5. The molecule has 0 spiro atoms. The van der Waals surface area contributed by atoms with Crippen LogP contribution in [-0.2, 0) is 4.79 Å². The van der Waals surface area contributed by atoms with Crippen molar-refractivity contribution in [2.75, 3.05) is 6.61 Å². The Morgan fingerprint density at radius 2 is 2.14 bits per heavy atom. The summed E-state index contributed by atoms with van der Waals surface area (Å²) in [6, 6.07) is 4.11. The molecule has 118 valence electrons. The van der Waals surface area contributed by atoms with Gasteiger partial charge in [-0.25, -0.2) is 4.79 Å². The zero-order chi connectivity index (χ0) is 16.3. The molecule has 1 aromatic carbocycles. The van der Waals surface area contributed by atoms with Gasteiger partial charge in [-0.1, -0.05) is 6.92 Å². The van der Waals surface area contributed by atoms with E-state index in [1.807, 2.05) is 6.92 Å². The molecule has 0 aliphatic carbocycles. The molecule has 2 rings (SSSR count). The van der Waals surface area contributed by atoms with Crippen molar-refractivity contribution >= 4 is 18.2 Å². The van der Waals surface area contributed by atoms with E-state index in [0.717, 1.165) is 5.01 Å². The summed E-state index contributed by atoms with van der Waals surface area (Å²) in [4.78, 5) is 24.0. The Labute approximate surface area is 128 Å². The molecule has 1 saturated heterocycles. The third-order valence-electron chi connectivity index (χ3n) is 3.55. The fourth-order valence-corrected chi connectivity index (χ4v) is 2.02. The van der Waals surface area contributed by atoms with Crippen LogP contribution in [0.1, 0.15) is 32.8 Å². The van der Waals surface area contributed by atoms with Crippen molar-refractivity contribution < 1.29 is 19.4 Å². The van der Waals surface area contributed by atoms with E-state index in [9.17, 15) is 14.7 Å².